The number of rotatable bonds is 4. The van der Waals surface area contributed by atoms with Crippen LogP contribution in [0.1, 0.15) is 0 Å². The van der Waals surface area contributed by atoms with Gasteiger partial charge in [-0.2, -0.15) is 0 Å². The Morgan fingerprint density at radius 3 is 1.28 bits per heavy atom. The first kappa shape index (κ1) is 10.2. The third-order valence-corrected chi connectivity index (χ3v) is 81.2. The van der Waals surface area contributed by atoms with Crippen molar-refractivity contribution in [1.29, 1.82) is 0 Å². The molecule has 2 nitrogen and oxygen atoms in total. The quantitative estimate of drug-likeness (QED) is 0.683. The average molecular weight is 362 g/mol. The number of hydrogen-bond donors (Lipinski definition) is 0. The Labute approximate surface area is 132 Å². The molecule has 1 spiro atoms. The molecule has 0 bridgehead atoms. The maximum absolute atomic E-state index is 7.15. The zero-order chi connectivity index (χ0) is 15.6. The van der Waals surface area contributed by atoms with Gasteiger partial charge in [0.2, 0.25) is 0 Å². The molecule has 4 atom stereocenters. The molecule has 0 radical (unpaired) electrons. The molecule has 2 aromatic carbocycles. The van der Waals surface area contributed by atoms with Crippen LogP contribution >= 0.6 is 0 Å². The molecule has 10 heterocycles. The predicted octanol–water partition coefficient (Wildman–Crippen LogP) is 5.35. The molecule has 0 saturated carbocycles. The summed E-state index contributed by atoms with van der Waals surface area (Å²) >= 11 is 0. The monoisotopic (exact) mass is 362 g/mol. The van der Waals surface area contributed by atoms with Crippen molar-refractivity contribution < 1.29 is 18.4 Å². The molecular formula is C22H18O2Ti. The van der Waals surface area contributed by atoms with Gasteiger partial charge in [-0.1, -0.05) is 0 Å². The summed E-state index contributed by atoms with van der Waals surface area (Å²) in [5, 5.41) is 0. The van der Waals surface area contributed by atoms with Crippen molar-refractivity contribution in [2.45, 2.75) is 41.6 Å². The molecule has 10 fully saturated rings. The first-order valence-electron chi connectivity index (χ1n) is 10.6. The normalized spacial score (nSPS) is 87.2. The van der Waals surface area contributed by atoms with Gasteiger partial charge in [-0.05, 0) is 0 Å². The maximum atomic E-state index is 7.15. The van der Waals surface area contributed by atoms with Crippen LogP contribution in [0, 0.1) is 0 Å². The van der Waals surface area contributed by atoms with Crippen LogP contribution < -0.4 is 9.47 Å². The van der Waals surface area contributed by atoms with Crippen molar-refractivity contribution in [3.63, 3.8) is 0 Å². The zero-order valence-corrected chi connectivity index (χ0v) is 15.3. The van der Waals surface area contributed by atoms with Crippen molar-refractivity contribution in [3.05, 3.63) is 60.7 Å². The van der Waals surface area contributed by atoms with E-state index in [2.05, 4.69) is 60.7 Å². The van der Waals surface area contributed by atoms with Gasteiger partial charge in [0.25, 0.3) is 0 Å². The number of para-hydroxylation sites is 2. The molecule has 4 unspecified atom stereocenters. The third kappa shape index (κ3) is 0.155. The van der Waals surface area contributed by atoms with Gasteiger partial charge in [0.15, 0.2) is 0 Å². The van der Waals surface area contributed by atoms with E-state index in [-0.39, 0.29) is 7.81 Å². The van der Waals surface area contributed by atoms with E-state index in [1.54, 1.807) is 0 Å². The van der Waals surface area contributed by atoms with Crippen LogP contribution in [0.5, 0.6) is 11.5 Å². The molecule has 12 rings (SSSR count). The summed E-state index contributed by atoms with van der Waals surface area (Å²) < 4.78 is 24.0. The number of benzene rings is 2. The van der Waals surface area contributed by atoms with Crippen LogP contribution in [0.25, 0.3) is 0 Å². The molecule has 2 aromatic rings. The summed E-state index contributed by atoms with van der Waals surface area (Å²) in [6, 6.07) is 21.5. The Hall–Kier alpha value is -1.25. The van der Waals surface area contributed by atoms with Gasteiger partial charge < -0.3 is 0 Å². The Bertz CT molecular complexity index is 1370. The van der Waals surface area contributed by atoms with Gasteiger partial charge in [0.05, 0.1) is 0 Å². The molecule has 0 N–H and O–H groups in total. The Morgan fingerprint density at radius 1 is 0.560 bits per heavy atom. The summed E-state index contributed by atoms with van der Waals surface area (Å²) in [7, 11) is -4.07. The van der Waals surface area contributed by atoms with Crippen LogP contribution in [0.2, 0.25) is 33.8 Å². The second-order valence-electron chi connectivity index (χ2n) is 15.5. The minimum atomic E-state index is -4.07. The van der Waals surface area contributed by atoms with Crippen LogP contribution in [-0.4, -0.2) is 7.81 Å². The van der Waals surface area contributed by atoms with E-state index in [0.717, 1.165) is 19.9 Å². The van der Waals surface area contributed by atoms with E-state index in [0.29, 0.717) is 0 Å². The Balaban J connectivity index is 1.24. The summed E-state index contributed by atoms with van der Waals surface area (Å²) in [4.78, 5) is 0. The van der Waals surface area contributed by atoms with Crippen LogP contribution in [0.3, 0.4) is 0 Å². The molecule has 10 aliphatic rings. The fourth-order valence-electron chi connectivity index (χ4n) is 25.6. The topological polar surface area (TPSA) is 18.5 Å². The second kappa shape index (κ2) is 1.13. The predicted molar refractivity (Wildman–Crippen MR) is 89.6 cm³/mol. The SMILES string of the molecule is c1ccc(O[C]23[CH]4[CH]5[CH]6[C]2(Oc2ccccc2)[Ti]54632789[CH]3[CH]2[CH]7[CH]8[CH]39)cc1. The molecule has 3 heteroatoms. The van der Waals surface area contributed by atoms with E-state index in [9.17, 15) is 0 Å². The summed E-state index contributed by atoms with van der Waals surface area (Å²) in [5.41, 5.74) is 0. The molecule has 0 amide bonds. The molecule has 25 heavy (non-hydrogen) atoms. The number of ether oxygens (including phenoxy) is 2. The van der Waals surface area contributed by atoms with E-state index >= 15 is 0 Å². The van der Waals surface area contributed by atoms with E-state index in [1.807, 2.05) is 0 Å². The summed E-state index contributed by atoms with van der Waals surface area (Å²) in [6.45, 7) is 0. The van der Waals surface area contributed by atoms with Crippen molar-refractivity contribution in [2.24, 2.45) is 0 Å². The standard InChI is InChI=1S/C17H13O2.C5H5.Ti/c1-3-8-14(9-4-1)18-16-12-7-13-17(16)19-15-10-5-2-6-11-15;1-2-4-5-3-1;/h1-13H;1-5H;. The van der Waals surface area contributed by atoms with Crippen molar-refractivity contribution in [3.8, 4) is 11.5 Å². The number of hydrogen-bond acceptors (Lipinski definition) is 2. The van der Waals surface area contributed by atoms with E-state index < -0.39 is 8.89 Å². The summed E-state index contributed by atoms with van der Waals surface area (Å²) in [6.07, 6.45) is 0. The van der Waals surface area contributed by atoms with Gasteiger partial charge in [-0.15, -0.1) is 0 Å². The summed E-state index contributed by atoms with van der Waals surface area (Å²) in [5.74, 6) is 2.25. The minimum absolute atomic E-state index is 0.250. The van der Waals surface area contributed by atoms with E-state index in [1.165, 1.54) is 25.3 Å². The fourth-order valence-corrected chi connectivity index (χ4v) is 145. The van der Waals surface area contributed by atoms with Crippen LogP contribution in [-0.2, 0) is 8.89 Å². The van der Waals surface area contributed by atoms with Crippen molar-refractivity contribution in [1.82, 2.24) is 0 Å². The Morgan fingerprint density at radius 2 is 0.960 bits per heavy atom. The van der Waals surface area contributed by atoms with Crippen LogP contribution in [0.15, 0.2) is 60.7 Å². The van der Waals surface area contributed by atoms with Crippen molar-refractivity contribution in [2.75, 3.05) is 0 Å². The first-order valence-corrected chi connectivity index (χ1v) is 19.4. The zero-order valence-electron chi connectivity index (χ0n) is 13.7. The molecule has 0 aliphatic carbocycles. The van der Waals surface area contributed by atoms with Crippen molar-refractivity contribution >= 4 is 0 Å². The van der Waals surface area contributed by atoms with Gasteiger partial charge in [-0.3, -0.25) is 0 Å². The van der Waals surface area contributed by atoms with Crippen LogP contribution in [0.4, 0.5) is 0 Å². The van der Waals surface area contributed by atoms with E-state index in [4.69, 9.17) is 9.47 Å². The first-order chi connectivity index (χ1) is 12.1. The van der Waals surface area contributed by atoms with Gasteiger partial charge >= 0.3 is 132 Å². The number of fused-ring (bicyclic) bond motifs is 10. The van der Waals surface area contributed by atoms with Gasteiger partial charge in [0, 0.05) is 0 Å². The molecule has 10 aliphatic heterocycles. The average Bonchev–Trinajstić information content (AvgIpc) is 3.60. The second-order valence-corrected chi connectivity index (χ2v) is 48.2. The molecule has 0 aromatic heterocycles. The third-order valence-electron chi connectivity index (χ3n) is 22.2. The molecular weight excluding hydrogens is 344 g/mol. The Kier molecular flexibility index (Phi) is 0.459. The molecule has 122 valence electrons. The van der Waals surface area contributed by atoms with Gasteiger partial charge in [0.1, 0.15) is 0 Å². The fraction of sp³-hybridized carbons (Fsp3) is 0.455. The van der Waals surface area contributed by atoms with Gasteiger partial charge in [-0.25, -0.2) is 0 Å². The molecule has 10 saturated heterocycles.